The van der Waals surface area contributed by atoms with Gasteiger partial charge in [-0.05, 0) is 37.5 Å². The maximum Gasteiger partial charge on any atom is 0.320 e. The van der Waals surface area contributed by atoms with Gasteiger partial charge in [0.2, 0.25) is 5.91 Å². The van der Waals surface area contributed by atoms with Gasteiger partial charge in [0.05, 0.1) is 5.69 Å². The molecule has 0 unspecified atom stereocenters. The lowest BCUT2D eigenvalue weighted by Crippen LogP contribution is -2.34. The van der Waals surface area contributed by atoms with Crippen LogP contribution in [0.2, 0.25) is 0 Å². The molecule has 0 aliphatic rings. The Morgan fingerprint density at radius 3 is 2.68 bits per heavy atom. The fraction of sp³-hybridized carbons (Fsp3) is 0.385. The molecule has 1 rings (SSSR count). The number of hydrazine groups is 1. The zero-order valence-electron chi connectivity index (χ0n) is 11.1. The maximum atomic E-state index is 11.5. The van der Waals surface area contributed by atoms with Crippen molar-refractivity contribution in [3.8, 4) is 0 Å². The number of carbonyl (C=O) groups excluding carboxylic acids is 1. The minimum absolute atomic E-state index is 0.0608. The molecule has 0 bridgehead atoms. The number of nitrogens with one attached hydrogen (secondary N) is 2. The second-order valence-corrected chi connectivity index (χ2v) is 4.47. The Balaban J connectivity index is 2.42. The molecule has 0 aliphatic heterocycles. The van der Waals surface area contributed by atoms with E-state index in [0.29, 0.717) is 0 Å². The van der Waals surface area contributed by atoms with Crippen LogP contribution in [-0.2, 0) is 9.59 Å². The van der Waals surface area contributed by atoms with Crippen LogP contribution in [0.15, 0.2) is 18.2 Å². The number of nitrogens with two attached hydrogens (primary N) is 1. The van der Waals surface area contributed by atoms with Crippen molar-refractivity contribution in [2.75, 3.05) is 5.43 Å². The Morgan fingerprint density at radius 1 is 1.37 bits per heavy atom. The molecular weight excluding hydrogens is 246 g/mol. The molecule has 6 nitrogen and oxygen atoms in total. The highest BCUT2D eigenvalue weighted by Gasteiger charge is 2.13. The number of aryl methyl sites for hydroxylation is 2. The molecule has 6 heteroatoms. The van der Waals surface area contributed by atoms with Crippen molar-refractivity contribution >= 4 is 17.6 Å². The van der Waals surface area contributed by atoms with Gasteiger partial charge in [-0.15, -0.1) is 0 Å². The van der Waals surface area contributed by atoms with Crippen LogP contribution in [0.5, 0.6) is 0 Å². The lowest BCUT2D eigenvalue weighted by Gasteiger charge is -2.12. The zero-order valence-corrected chi connectivity index (χ0v) is 11.1. The third-order valence-electron chi connectivity index (χ3n) is 2.73. The van der Waals surface area contributed by atoms with Crippen LogP contribution in [0.25, 0.3) is 0 Å². The summed E-state index contributed by atoms with van der Waals surface area (Å²) in [6, 6.07) is 4.84. The Morgan fingerprint density at radius 2 is 2.05 bits per heavy atom. The topological polar surface area (TPSA) is 104 Å². The van der Waals surface area contributed by atoms with E-state index in [2.05, 4.69) is 10.9 Å². The van der Waals surface area contributed by atoms with Crippen LogP contribution in [-0.4, -0.2) is 23.0 Å². The number of hydrogen-bond donors (Lipinski definition) is 4. The van der Waals surface area contributed by atoms with Crippen molar-refractivity contribution in [3.63, 3.8) is 0 Å². The smallest absolute Gasteiger partial charge is 0.320 e. The van der Waals surface area contributed by atoms with Crippen LogP contribution >= 0.6 is 0 Å². The second-order valence-electron chi connectivity index (χ2n) is 4.47. The van der Waals surface area contributed by atoms with E-state index in [1.165, 1.54) is 0 Å². The quantitative estimate of drug-likeness (QED) is 0.573. The summed E-state index contributed by atoms with van der Waals surface area (Å²) in [4.78, 5) is 22.0. The highest BCUT2D eigenvalue weighted by molar-refractivity contribution is 5.79. The van der Waals surface area contributed by atoms with Crippen LogP contribution in [0, 0.1) is 13.8 Å². The summed E-state index contributed by atoms with van der Waals surface area (Å²) in [5, 5.41) is 8.60. The Bertz CT molecular complexity index is 474. The van der Waals surface area contributed by atoms with Gasteiger partial charge < -0.3 is 10.8 Å². The van der Waals surface area contributed by atoms with Gasteiger partial charge in [0, 0.05) is 6.42 Å². The van der Waals surface area contributed by atoms with Crippen molar-refractivity contribution in [1.82, 2.24) is 5.43 Å². The van der Waals surface area contributed by atoms with Gasteiger partial charge >= 0.3 is 5.97 Å². The fourth-order valence-corrected chi connectivity index (χ4v) is 1.48. The van der Waals surface area contributed by atoms with E-state index in [4.69, 9.17) is 10.8 Å². The van der Waals surface area contributed by atoms with E-state index in [-0.39, 0.29) is 18.7 Å². The normalized spacial score (nSPS) is 11.7. The molecule has 0 aliphatic carbocycles. The van der Waals surface area contributed by atoms with Gasteiger partial charge in [0.1, 0.15) is 6.04 Å². The Hall–Kier alpha value is -2.08. The van der Waals surface area contributed by atoms with E-state index in [0.717, 1.165) is 16.8 Å². The minimum atomic E-state index is -1.10. The highest BCUT2D eigenvalue weighted by atomic mass is 16.4. The summed E-state index contributed by atoms with van der Waals surface area (Å²) in [5.41, 5.74) is 13.6. The Labute approximate surface area is 112 Å². The third-order valence-corrected chi connectivity index (χ3v) is 2.73. The zero-order chi connectivity index (χ0) is 14.4. The van der Waals surface area contributed by atoms with Crippen molar-refractivity contribution in [3.05, 3.63) is 29.3 Å². The highest BCUT2D eigenvalue weighted by Crippen LogP contribution is 2.15. The molecule has 1 aromatic carbocycles. The van der Waals surface area contributed by atoms with E-state index in [9.17, 15) is 9.59 Å². The first-order valence-corrected chi connectivity index (χ1v) is 6.00. The molecular formula is C13H19N3O3. The average Bonchev–Trinajstić information content (AvgIpc) is 2.36. The first kappa shape index (κ1) is 15.0. The van der Waals surface area contributed by atoms with Gasteiger partial charge in [-0.1, -0.05) is 12.1 Å². The molecule has 0 aromatic heterocycles. The van der Waals surface area contributed by atoms with Gasteiger partial charge in [-0.2, -0.15) is 0 Å². The largest absolute Gasteiger partial charge is 0.480 e. The standard InChI is InChI=1S/C13H19N3O3/c1-8-3-4-9(2)11(7-8)15-16-12(17)6-5-10(14)13(18)19/h3-4,7,10,15H,5-6,14H2,1-2H3,(H,16,17)(H,18,19)/t10-/m1/s1. The molecule has 0 radical (unpaired) electrons. The molecule has 1 aromatic rings. The number of aliphatic carboxylic acids is 1. The fourth-order valence-electron chi connectivity index (χ4n) is 1.48. The second kappa shape index (κ2) is 6.75. The van der Waals surface area contributed by atoms with E-state index in [1.807, 2.05) is 32.0 Å². The lowest BCUT2D eigenvalue weighted by atomic mass is 10.1. The van der Waals surface area contributed by atoms with Gasteiger partial charge in [-0.25, -0.2) is 0 Å². The van der Waals surface area contributed by atoms with Crippen molar-refractivity contribution in [2.45, 2.75) is 32.7 Å². The predicted molar refractivity (Wildman–Crippen MR) is 72.5 cm³/mol. The summed E-state index contributed by atoms with van der Waals surface area (Å²) in [7, 11) is 0. The van der Waals surface area contributed by atoms with E-state index < -0.39 is 12.0 Å². The SMILES string of the molecule is Cc1ccc(C)c(NNC(=O)CC[C@@H](N)C(=O)O)c1. The van der Waals surface area contributed by atoms with E-state index >= 15 is 0 Å². The predicted octanol–water partition coefficient (Wildman–Crippen LogP) is 0.939. The van der Waals surface area contributed by atoms with Crippen molar-refractivity contribution in [1.29, 1.82) is 0 Å². The van der Waals surface area contributed by atoms with Gasteiger partial charge in [0.15, 0.2) is 0 Å². The number of benzene rings is 1. The summed E-state index contributed by atoms with van der Waals surface area (Å²) >= 11 is 0. The number of rotatable bonds is 6. The monoisotopic (exact) mass is 265 g/mol. The van der Waals surface area contributed by atoms with Gasteiger partial charge in [-0.3, -0.25) is 20.4 Å². The number of hydrogen-bond acceptors (Lipinski definition) is 4. The van der Waals surface area contributed by atoms with Crippen LogP contribution in [0.1, 0.15) is 24.0 Å². The molecule has 0 saturated heterocycles. The number of carbonyl (C=O) groups is 2. The van der Waals surface area contributed by atoms with Crippen LogP contribution in [0.3, 0.4) is 0 Å². The number of carboxylic acid groups (broad SMARTS) is 1. The first-order chi connectivity index (χ1) is 8.90. The number of anilines is 1. The summed E-state index contributed by atoms with van der Waals surface area (Å²) in [6.45, 7) is 3.88. The Kier molecular flexibility index (Phi) is 5.32. The average molecular weight is 265 g/mol. The summed E-state index contributed by atoms with van der Waals surface area (Å²) in [6.07, 6.45) is 0.168. The summed E-state index contributed by atoms with van der Waals surface area (Å²) in [5.74, 6) is -1.40. The molecule has 0 spiro atoms. The molecule has 19 heavy (non-hydrogen) atoms. The molecule has 104 valence electrons. The van der Waals surface area contributed by atoms with Crippen molar-refractivity contribution in [2.24, 2.45) is 5.73 Å². The summed E-state index contributed by atoms with van der Waals surface area (Å²) < 4.78 is 0. The molecule has 1 amide bonds. The number of carboxylic acids is 1. The van der Waals surface area contributed by atoms with Crippen LogP contribution < -0.4 is 16.6 Å². The molecule has 0 fully saturated rings. The lowest BCUT2D eigenvalue weighted by molar-refractivity contribution is -0.138. The molecule has 0 heterocycles. The van der Waals surface area contributed by atoms with E-state index in [1.54, 1.807) is 0 Å². The molecule has 1 atom stereocenters. The maximum absolute atomic E-state index is 11.5. The third kappa shape index (κ3) is 4.97. The molecule has 0 saturated carbocycles. The number of amides is 1. The first-order valence-electron chi connectivity index (χ1n) is 6.00. The van der Waals surface area contributed by atoms with Gasteiger partial charge in [0.25, 0.3) is 0 Å². The van der Waals surface area contributed by atoms with Crippen molar-refractivity contribution < 1.29 is 14.7 Å². The molecule has 5 N–H and O–H groups in total. The minimum Gasteiger partial charge on any atom is -0.480 e. The van der Waals surface area contributed by atoms with Crippen LogP contribution in [0.4, 0.5) is 5.69 Å².